The van der Waals surface area contributed by atoms with Crippen LogP contribution in [0, 0.1) is 0 Å². The molecule has 2 rings (SSSR count). The van der Waals surface area contributed by atoms with E-state index in [-0.39, 0.29) is 0 Å². The van der Waals surface area contributed by atoms with Gasteiger partial charge in [-0.05, 0) is 33.3 Å². The van der Waals surface area contributed by atoms with Crippen LogP contribution in [0.5, 0.6) is 0 Å². The molecule has 2 unspecified atom stereocenters. The summed E-state index contributed by atoms with van der Waals surface area (Å²) in [6.45, 7) is 3.20. The molecule has 0 bridgehead atoms. The molecule has 1 aromatic heterocycles. The van der Waals surface area contributed by atoms with Crippen LogP contribution in [0.25, 0.3) is 0 Å². The summed E-state index contributed by atoms with van der Waals surface area (Å²) in [6.07, 6.45) is 1.88. The van der Waals surface area contributed by atoms with E-state index in [1.807, 2.05) is 12.3 Å². The van der Waals surface area contributed by atoms with Crippen molar-refractivity contribution >= 4 is 0 Å². The van der Waals surface area contributed by atoms with Gasteiger partial charge in [-0.25, -0.2) is 0 Å². The van der Waals surface area contributed by atoms with Crippen LogP contribution in [0.1, 0.15) is 11.7 Å². The number of likely N-dealkylation sites (N-methyl/N-ethyl adjacent to an activating group) is 2. The van der Waals surface area contributed by atoms with Crippen LogP contribution < -0.4 is 5.32 Å². The summed E-state index contributed by atoms with van der Waals surface area (Å²) >= 11 is 0. The molecule has 4 heteroatoms. The van der Waals surface area contributed by atoms with Crippen molar-refractivity contribution in [1.29, 1.82) is 0 Å². The fourth-order valence-electron chi connectivity index (χ4n) is 2.54. The fourth-order valence-corrected chi connectivity index (χ4v) is 2.54. The number of aromatic nitrogens is 1. The molecule has 0 saturated carbocycles. The maximum atomic E-state index is 4.51. The molecule has 1 saturated heterocycles. The van der Waals surface area contributed by atoms with Crippen molar-refractivity contribution in [3.05, 3.63) is 30.1 Å². The summed E-state index contributed by atoms with van der Waals surface area (Å²) in [5, 5.41) is 3.47. The van der Waals surface area contributed by atoms with E-state index in [1.165, 1.54) is 0 Å². The Labute approximate surface area is 104 Å². The molecule has 0 amide bonds. The zero-order chi connectivity index (χ0) is 12.3. The number of pyridine rings is 1. The highest BCUT2D eigenvalue weighted by Crippen LogP contribution is 2.24. The average molecular weight is 234 g/mol. The molecule has 4 nitrogen and oxygen atoms in total. The topological polar surface area (TPSA) is 31.4 Å². The van der Waals surface area contributed by atoms with E-state index in [0.29, 0.717) is 12.1 Å². The number of nitrogens with one attached hydrogen (secondary N) is 1. The zero-order valence-corrected chi connectivity index (χ0v) is 10.9. The minimum absolute atomic E-state index is 0.342. The first-order valence-corrected chi connectivity index (χ1v) is 6.18. The van der Waals surface area contributed by atoms with E-state index in [0.717, 1.165) is 25.3 Å². The first-order chi connectivity index (χ1) is 8.20. The van der Waals surface area contributed by atoms with Crippen molar-refractivity contribution in [3.8, 4) is 0 Å². The van der Waals surface area contributed by atoms with Crippen molar-refractivity contribution in [2.75, 3.05) is 40.8 Å². The lowest BCUT2D eigenvalue weighted by atomic mass is 10.00. The number of piperazine rings is 1. The molecule has 0 aromatic carbocycles. The molecule has 2 heterocycles. The highest BCUT2D eigenvalue weighted by molar-refractivity contribution is 5.12. The smallest absolute Gasteiger partial charge is 0.0685 e. The molecule has 94 valence electrons. The van der Waals surface area contributed by atoms with Crippen LogP contribution >= 0.6 is 0 Å². The second-order valence-electron chi connectivity index (χ2n) is 4.92. The maximum absolute atomic E-state index is 4.51. The van der Waals surface area contributed by atoms with Gasteiger partial charge in [-0.3, -0.25) is 14.8 Å². The van der Waals surface area contributed by atoms with Crippen LogP contribution in [0.3, 0.4) is 0 Å². The van der Waals surface area contributed by atoms with Gasteiger partial charge in [0.25, 0.3) is 0 Å². The van der Waals surface area contributed by atoms with Crippen LogP contribution in [0.4, 0.5) is 0 Å². The Hall–Kier alpha value is -0.970. The Bertz CT molecular complexity index is 339. The van der Waals surface area contributed by atoms with Gasteiger partial charge < -0.3 is 5.32 Å². The van der Waals surface area contributed by atoms with Gasteiger partial charge in [0.2, 0.25) is 0 Å². The minimum atomic E-state index is 0.342. The van der Waals surface area contributed by atoms with Crippen molar-refractivity contribution < 1.29 is 0 Å². The molecule has 0 aliphatic carbocycles. The van der Waals surface area contributed by atoms with Crippen molar-refractivity contribution in [3.63, 3.8) is 0 Å². The van der Waals surface area contributed by atoms with Gasteiger partial charge in [0.15, 0.2) is 0 Å². The quantitative estimate of drug-likeness (QED) is 0.829. The summed E-state index contributed by atoms with van der Waals surface area (Å²) in [5.41, 5.74) is 1.15. The Morgan fingerprint density at radius 3 is 2.88 bits per heavy atom. The third-order valence-electron chi connectivity index (χ3n) is 3.47. The van der Waals surface area contributed by atoms with Crippen LogP contribution in [0.15, 0.2) is 24.4 Å². The first-order valence-electron chi connectivity index (χ1n) is 6.18. The lowest BCUT2D eigenvalue weighted by molar-refractivity contribution is 0.105. The molecule has 1 fully saturated rings. The van der Waals surface area contributed by atoms with E-state index in [4.69, 9.17) is 0 Å². The number of nitrogens with zero attached hydrogens (tertiary/aromatic N) is 3. The third kappa shape index (κ3) is 2.83. The number of rotatable bonds is 3. The van der Waals surface area contributed by atoms with Gasteiger partial charge in [-0.1, -0.05) is 6.07 Å². The predicted octanol–water partition coefficient (Wildman–Crippen LogP) is 0.588. The fraction of sp³-hybridized carbons (Fsp3) is 0.615. The summed E-state index contributed by atoms with van der Waals surface area (Å²) in [7, 11) is 6.45. The monoisotopic (exact) mass is 234 g/mol. The first kappa shape index (κ1) is 12.5. The zero-order valence-electron chi connectivity index (χ0n) is 10.9. The van der Waals surface area contributed by atoms with Crippen LogP contribution in [0.2, 0.25) is 0 Å². The highest BCUT2D eigenvalue weighted by atomic mass is 15.3. The van der Waals surface area contributed by atoms with E-state index in [1.54, 1.807) is 0 Å². The van der Waals surface area contributed by atoms with Crippen LogP contribution in [-0.4, -0.2) is 61.6 Å². The largest absolute Gasteiger partial charge is 0.314 e. The minimum Gasteiger partial charge on any atom is -0.314 e. The van der Waals surface area contributed by atoms with E-state index in [2.05, 4.69) is 53.4 Å². The number of hydrogen-bond acceptors (Lipinski definition) is 4. The second kappa shape index (κ2) is 5.58. The van der Waals surface area contributed by atoms with Crippen LogP contribution in [-0.2, 0) is 0 Å². The molecule has 2 atom stereocenters. The Morgan fingerprint density at radius 1 is 1.47 bits per heavy atom. The van der Waals surface area contributed by atoms with Gasteiger partial charge in [-0.15, -0.1) is 0 Å². The highest BCUT2D eigenvalue weighted by Gasteiger charge is 2.30. The predicted molar refractivity (Wildman–Crippen MR) is 70.0 cm³/mol. The van der Waals surface area contributed by atoms with Crippen molar-refractivity contribution in [2.24, 2.45) is 0 Å². The van der Waals surface area contributed by atoms with Gasteiger partial charge in [0.05, 0.1) is 11.7 Å². The standard InChI is InChI=1S/C13H22N4/c1-16(2)13(11-6-4-5-7-15-11)12-10-14-8-9-17(12)3/h4-7,12-14H,8-10H2,1-3H3. The molecule has 17 heavy (non-hydrogen) atoms. The maximum Gasteiger partial charge on any atom is 0.0685 e. The normalized spacial score (nSPS) is 23.9. The Kier molecular flexibility index (Phi) is 4.10. The Morgan fingerprint density at radius 2 is 2.29 bits per heavy atom. The molecule has 0 spiro atoms. The molecule has 0 radical (unpaired) electrons. The molecule has 1 aliphatic heterocycles. The summed E-state index contributed by atoms with van der Waals surface area (Å²) in [4.78, 5) is 9.20. The summed E-state index contributed by atoms with van der Waals surface area (Å²) in [6, 6.07) is 6.98. The Balaban J connectivity index is 2.22. The van der Waals surface area contributed by atoms with E-state index >= 15 is 0 Å². The summed E-state index contributed by atoms with van der Waals surface area (Å²) in [5.74, 6) is 0. The van der Waals surface area contributed by atoms with Crippen molar-refractivity contribution in [2.45, 2.75) is 12.1 Å². The molecular weight excluding hydrogens is 212 g/mol. The van der Waals surface area contributed by atoms with Gasteiger partial charge >= 0.3 is 0 Å². The summed E-state index contributed by atoms with van der Waals surface area (Å²) < 4.78 is 0. The lowest BCUT2D eigenvalue weighted by Gasteiger charge is -2.40. The molecular formula is C13H22N4. The van der Waals surface area contributed by atoms with E-state index < -0.39 is 0 Å². The van der Waals surface area contributed by atoms with Gasteiger partial charge in [0.1, 0.15) is 0 Å². The van der Waals surface area contributed by atoms with Crippen molar-refractivity contribution in [1.82, 2.24) is 20.1 Å². The second-order valence-corrected chi connectivity index (χ2v) is 4.92. The SMILES string of the molecule is CN(C)C(c1ccccn1)C1CNCCN1C. The van der Waals surface area contributed by atoms with E-state index in [9.17, 15) is 0 Å². The average Bonchev–Trinajstić information content (AvgIpc) is 2.33. The van der Waals surface area contributed by atoms with Gasteiger partial charge in [-0.2, -0.15) is 0 Å². The molecule has 1 aromatic rings. The molecule has 1 aliphatic rings. The number of hydrogen-bond donors (Lipinski definition) is 1. The third-order valence-corrected chi connectivity index (χ3v) is 3.47. The van der Waals surface area contributed by atoms with Gasteiger partial charge in [0, 0.05) is 31.9 Å². The molecule has 1 N–H and O–H groups in total. The lowest BCUT2D eigenvalue weighted by Crippen LogP contribution is -2.54.